The minimum Gasteiger partial charge on any atom is -0.508 e. The van der Waals surface area contributed by atoms with E-state index in [0.717, 1.165) is 24.8 Å². The highest BCUT2D eigenvalue weighted by Gasteiger charge is 2.15. The van der Waals surface area contributed by atoms with E-state index in [9.17, 15) is 9.90 Å². The minimum atomic E-state index is -0.780. The second-order valence-electron chi connectivity index (χ2n) is 4.68. The molecule has 1 rings (SSSR count). The number of rotatable bonds is 7. The molecule has 3 nitrogen and oxygen atoms in total. The van der Waals surface area contributed by atoms with E-state index < -0.39 is 5.97 Å². The summed E-state index contributed by atoms with van der Waals surface area (Å²) in [6, 6.07) is 5.69. The molecule has 0 heterocycles. The molecule has 3 heteroatoms. The summed E-state index contributed by atoms with van der Waals surface area (Å²) in [7, 11) is 0. The molecular weight excluding hydrogens is 228 g/mol. The van der Waals surface area contributed by atoms with E-state index in [4.69, 9.17) is 5.11 Å². The van der Waals surface area contributed by atoms with Crippen molar-refractivity contribution in [1.82, 2.24) is 0 Å². The first kappa shape index (κ1) is 14.6. The molecule has 1 atom stereocenters. The van der Waals surface area contributed by atoms with Crippen molar-refractivity contribution in [3.05, 3.63) is 29.3 Å². The van der Waals surface area contributed by atoms with Crippen LogP contribution in [-0.4, -0.2) is 16.2 Å². The van der Waals surface area contributed by atoms with Crippen molar-refractivity contribution in [3.8, 4) is 5.75 Å². The van der Waals surface area contributed by atoms with E-state index in [2.05, 4.69) is 6.92 Å². The van der Waals surface area contributed by atoms with E-state index in [0.29, 0.717) is 6.42 Å². The Labute approximate surface area is 108 Å². The predicted molar refractivity (Wildman–Crippen MR) is 72.0 cm³/mol. The summed E-state index contributed by atoms with van der Waals surface area (Å²) in [5.74, 6) is -0.373. The van der Waals surface area contributed by atoms with Crippen molar-refractivity contribution in [1.29, 1.82) is 0 Å². The van der Waals surface area contributed by atoms with Crippen LogP contribution >= 0.6 is 0 Å². The maximum atomic E-state index is 10.6. The van der Waals surface area contributed by atoms with Crippen molar-refractivity contribution in [2.75, 3.05) is 0 Å². The summed E-state index contributed by atoms with van der Waals surface area (Å²) < 4.78 is 0. The van der Waals surface area contributed by atoms with Gasteiger partial charge in [-0.25, -0.2) is 0 Å². The van der Waals surface area contributed by atoms with Gasteiger partial charge in [0.15, 0.2) is 0 Å². The summed E-state index contributed by atoms with van der Waals surface area (Å²) in [4.78, 5) is 10.6. The summed E-state index contributed by atoms with van der Waals surface area (Å²) >= 11 is 0. The van der Waals surface area contributed by atoms with Gasteiger partial charge in [0, 0.05) is 6.42 Å². The fourth-order valence-corrected chi connectivity index (χ4v) is 2.25. The molecular formula is C15H22O3. The molecule has 0 aromatic heterocycles. The van der Waals surface area contributed by atoms with Gasteiger partial charge in [-0.1, -0.05) is 32.4 Å². The number of benzene rings is 1. The number of aromatic hydroxyl groups is 1. The fraction of sp³-hybridized carbons (Fsp3) is 0.533. The maximum Gasteiger partial charge on any atom is 0.303 e. The lowest BCUT2D eigenvalue weighted by atomic mass is 9.89. The molecule has 1 aromatic rings. The maximum absolute atomic E-state index is 10.6. The number of carboxylic acids is 1. The van der Waals surface area contributed by atoms with Crippen LogP contribution in [-0.2, 0) is 11.2 Å². The van der Waals surface area contributed by atoms with Gasteiger partial charge in [-0.15, -0.1) is 0 Å². The first-order chi connectivity index (χ1) is 8.58. The highest BCUT2D eigenvalue weighted by Crippen LogP contribution is 2.32. The zero-order valence-electron chi connectivity index (χ0n) is 11.1. The van der Waals surface area contributed by atoms with Crippen LogP contribution < -0.4 is 0 Å². The van der Waals surface area contributed by atoms with Gasteiger partial charge in [-0.3, -0.25) is 4.79 Å². The van der Waals surface area contributed by atoms with Crippen LogP contribution in [0.5, 0.6) is 5.75 Å². The number of carbonyl (C=O) groups is 1. The quantitative estimate of drug-likeness (QED) is 0.775. The molecule has 0 aliphatic rings. The zero-order chi connectivity index (χ0) is 13.5. The number of phenols is 1. The summed E-state index contributed by atoms with van der Waals surface area (Å²) in [6.07, 6.45) is 3.63. The lowest BCUT2D eigenvalue weighted by Gasteiger charge is -2.17. The number of carboxylic acid groups (broad SMARTS) is 1. The molecule has 0 spiro atoms. The molecule has 0 saturated carbocycles. The Bertz CT molecular complexity index is 399. The molecule has 0 aliphatic carbocycles. The van der Waals surface area contributed by atoms with E-state index in [-0.39, 0.29) is 18.1 Å². The van der Waals surface area contributed by atoms with Crippen LogP contribution in [0.15, 0.2) is 18.2 Å². The van der Waals surface area contributed by atoms with Crippen LogP contribution in [0.4, 0.5) is 0 Å². The monoisotopic (exact) mass is 250 g/mol. The number of aryl methyl sites for hydroxylation is 1. The molecule has 1 unspecified atom stereocenters. The van der Waals surface area contributed by atoms with Crippen molar-refractivity contribution >= 4 is 5.97 Å². The third kappa shape index (κ3) is 4.06. The Hall–Kier alpha value is -1.51. The van der Waals surface area contributed by atoms with Gasteiger partial charge in [0.25, 0.3) is 0 Å². The number of aliphatic carboxylic acids is 1. The predicted octanol–water partition coefficient (Wildman–Crippen LogP) is 3.70. The second-order valence-corrected chi connectivity index (χ2v) is 4.68. The highest BCUT2D eigenvalue weighted by molar-refractivity contribution is 5.66. The van der Waals surface area contributed by atoms with Crippen molar-refractivity contribution in [2.45, 2.75) is 51.9 Å². The largest absolute Gasteiger partial charge is 0.508 e. The third-order valence-electron chi connectivity index (χ3n) is 3.27. The smallest absolute Gasteiger partial charge is 0.303 e. The van der Waals surface area contributed by atoms with Gasteiger partial charge < -0.3 is 10.2 Å². The van der Waals surface area contributed by atoms with Crippen LogP contribution in [0.2, 0.25) is 0 Å². The van der Waals surface area contributed by atoms with Crippen molar-refractivity contribution in [2.24, 2.45) is 0 Å². The number of hydrogen-bond donors (Lipinski definition) is 2. The minimum absolute atomic E-state index is 0.123. The van der Waals surface area contributed by atoms with E-state index in [1.165, 1.54) is 5.56 Å². The van der Waals surface area contributed by atoms with Crippen molar-refractivity contribution < 1.29 is 15.0 Å². The lowest BCUT2D eigenvalue weighted by Crippen LogP contribution is -2.03. The van der Waals surface area contributed by atoms with E-state index in [1.54, 1.807) is 6.07 Å². The van der Waals surface area contributed by atoms with Crippen LogP contribution in [0.25, 0.3) is 0 Å². The Morgan fingerprint density at radius 1 is 1.33 bits per heavy atom. The Morgan fingerprint density at radius 3 is 2.61 bits per heavy atom. The number of hydrogen-bond acceptors (Lipinski definition) is 2. The third-order valence-corrected chi connectivity index (χ3v) is 3.27. The van der Waals surface area contributed by atoms with Gasteiger partial charge in [-0.2, -0.15) is 0 Å². The van der Waals surface area contributed by atoms with Gasteiger partial charge >= 0.3 is 5.97 Å². The van der Waals surface area contributed by atoms with E-state index in [1.807, 2.05) is 19.1 Å². The summed E-state index contributed by atoms with van der Waals surface area (Å²) in [5, 5.41) is 18.7. The van der Waals surface area contributed by atoms with Crippen molar-refractivity contribution in [3.63, 3.8) is 0 Å². The summed E-state index contributed by atoms with van der Waals surface area (Å²) in [5.41, 5.74) is 2.10. The Balaban J connectivity index is 2.89. The Morgan fingerprint density at radius 2 is 2.06 bits per heavy atom. The van der Waals surface area contributed by atoms with Gasteiger partial charge in [0.05, 0.1) is 0 Å². The summed E-state index contributed by atoms with van der Waals surface area (Å²) in [6.45, 7) is 4.15. The molecule has 2 N–H and O–H groups in total. The zero-order valence-corrected chi connectivity index (χ0v) is 11.1. The van der Waals surface area contributed by atoms with Crippen LogP contribution in [0, 0.1) is 0 Å². The molecule has 0 aliphatic heterocycles. The highest BCUT2D eigenvalue weighted by atomic mass is 16.4. The van der Waals surface area contributed by atoms with Gasteiger partial charge in [0.2, 0.25) is 0 Å². The van der Waals surface area contributed by atoms with Crippen LogP contribution in [0.1, 0.15) is 56.6 Å². The lowest BCUT2D eigenvalue weighted by molar-refractivity contribution is -0.137. The first-order valence-electron chi connectivity index (χ1n) is 6.62. The molecule has 1 aromatic carbocycles. The molecule has 0 saturated heterocycles. The SMILES string of the molecule is CCCc1ccc(O)c(C(CC)CCC(=O)O)c1. The van der Waals surface area contributed by atoms with Crippen LogP contribution in [0.3, 0.4) is 0 Å². The van der Waals surface area contributed by atoms with Gasteiger partial charge in [-0.05, 0) is 42.4 Å². The topological polar surface area (TPSA) is 57.5 Å². The average Bonchev–Trinajstić information content (AvgIpc) is 2.33. The first-order valence-corrected chi connectivity index (χ1v) is 6.62. The molecule has 0 bridgehead atoms. The molecule has 0 radical (unpaired) electrons. The molecule has 100 valence electrons. The Kier molecular flexibility index (Phi) is 5.69. The molecule has 0 amide bonds. The standard InChI is InChI=1S/C15H22O3/c1-3-5-11-6-8-14(16)13(10-11)12(4-2)7-9-15(17)18/h6,8,10,12,16H,3-5,7,9H2,1-2H3,(H,17,18). The number of phenolic OH excluding ortho intramolecular Hbond substituents is 1. The second kappa shape index (κ2) is 7.04. The van der Waals surface area contributed by atoms with E-state index >= 15 is 0 Å². The normalized spacial score (nSPS) is 12.3. The fourth-order valence-electron chi connectivity index (χ4n) is 2.25. The average molecular weight is 250 g/mol. The van der Waals surface area contributed by atoms with Gasteiger partial charge in [0.1, 0.15) is 5.75 Å². The molecule has 18 heavy (non-hydrogen) atoms. The molecule has 0 fully saturated rings.